The fourth-order valence-corrected chi connectivity index (χ4v) is 3.21. The molecule has 1 unspecified atom stereocenters. The summed E-state index contributed by atoms with van der Waals surface area (Å²) < 4.78 is 5.02. The molecule has 0 saturated heterocycles. The van der Waals surface area contributed by atoms with Gasteiger partial charge < -0.3 is 20.2 Å². The largest absolute Gasteiger partial charge is 0.480 e. The predicted molar refractivity (Wildman–Crippen MR) is 94.1 cm³/mol. The zero-order chi connectivity index (χ0) is 18.4. The van der Waals surface area contributed by atoms with E-state index in [9.17, 15) is 19.5 Å². The smallest absolute Gasteiger partial charge is 0.326 e. The molecule has 7 nitrogen and oxygen atoms in total. The summed E-state index contributed by atoms with van der Waals surface area (Å²) in [6.07, 6.45) is 3.34. The van der Waals surface area contributed by atoms with Crippen LogP contribution in [-0.2, 0) is 4.79 Å². The molecular weight excluding hydrogens is 344 g/mol. The summed E-state index contributed by atoms with van der Waals surface area (Å²) in [5, 5.41) is 14.9. The molecule has 0 aliphatic rings. The van der Waals surface area contributed by atoms with Crippen LogP contribution in [-0.4, -0.2) is 28.9 Å². The molecule has 0 saturated carbocycles. The van der Waals surface area contributed by atoms with E-state index in [1.165, 1.54) is 12.3 Å². The number of carboxylic acid groups (broad SMARTS) is 1. The number of furan rings is 1. The standard InChI is InChI=1S/C17H20N2O5S/c1-3-4-6-11(17(22)23)18-16(21)14-10(2)9-13(25-14)19-15(20)12-7-5-8-24-12/h5,7-9,11H,3-4,6H2,1-2H3,(H,18,21)(H,19,20)(H,22,23). The van der Waals surface area contributed by atoms with E-state index in [0.717, 1.165) is 17.8 Å². The van der Waals surface area contributed by atoms with E-state index in [1.54, 1.807) is 19.1 Å². The van der Waals surface area contributed by atoms with Gasteiger partial charge in [-0.25, -0.2) is 4.79 Å². The minimum Gasteiger partial charge on any atom is -0.480 e. The van der Waals surface area contributed by atoms with Crippen LogP contribution in [0.1, 0.15) is 52.0 Å². The van der Waals surface area contributed by atoms with Gasteiger partial charge in [-0.2, -0.15) is 0 Å². The molecule has 0 bridgehead atoms. The lowest BCUT2D eigenvalue weighted by Crippen LogP contribution is -2.40. The molecule has 0 aliphatic carbocycles. The Balaban J connectivity index is 2.06. The molecule has 2 aromatic heterocycles. The van der Waals surface area contributed by atoms with Crippen molar-refractivity contribution in [3.05, 3.63) is 40.7 Å². The van der Waals surface area contributed by atoms with Gasteiger partial charge in [0.2, 0.25) is 0 Å². The van der Waals surface area contributed by atoms with Crippen LogP contribution in [0.4, 0.5) is 5.00 Å². The molecule has 0 aliphatic heterocycles. The first kappa shape index (κ1) is 18.7. The summed E-state index contributed by atoms with van der Waals surface area (Å²) in [4.78, 5) is 36.0. The van der Waals surface area contributed by atoms with Gasteiger partial charge in [0, 0.05) is 0 Å². The summed E-state index contributed by atoms with van der Waals surface area (Å²) in [7, 11) is 0. The summed E-state index contributed by atoms with van der Waals surface area (Å²) in [5.74, 6) is -1.75. The lowest BCUT2D eigenvalue weighted by molar-refractivity contribution is -0.139. The van der Waals surface area contributed by atoms with Crippen molar-refractivity contribution in [3.8, 4) is 0 Å². The van der Waals surface area contributed by atoms with E-state index >= 15 is 0 Å². The van der Waals surface area contributed by atoms with Crippen molar-refractivity contribution < 1.29 is 23.9 Å². The number of aliphatic carboxylic acids is 1. The summed E-state index contributed by atoms with van der Waals surface area (Å²) in [5.41, 5.74) is 0.664. The quantitative estimate of drug-likeness (QED) is 0.666. The van der Waals surface area contributed by atoms with E-state index < -0.39 is 23.8 Å². The molecule has 2 heterocycles. The third kappa shape index (κ3) is 4.93. The van der Waals surface area contributed by atoms with Gasteiger partial charge >= 0.3 is 5.97 Å². The topological polar surface area (TPSA) is 109 Å². The van der Waals surface area contributed by atoms with Crippen molar-refractivity contribution in [2.45, 2.75) is 39.2 Å². The van der Waals surface area contributed by atoms with Gasteiger partial charge in [0.25, 0.3) is 11.8 Å². The van der Waals surface area contributed by atoms with E-state index in [0.29, 0.717) is 28.3 Å². The number of carbonyl (C=O) groups is 3. The number of unbranched alkanes of at least 4 members (excludes halogenated alkanes) is 1. The first-order valence-corrected chi connectivity index (χ1v) is 8.73. The first-order chi connectivity index (χ1) is 11.9. The Labute approximate surface area is 149 Å². The maximum atomic E-state index is 12.4. The van der Waals surface area contributed by atoms with Gasteiger partial charge in [-0.3, -0.25) is 9.59 Å². The highest BCUT2D eigenvalue weighted by atomic mass is 32.1. The number of hydrogen-bond acceptors (Lipinski definition) is 5. The number of hydrogen-bond donors (Lipinski definition) is 3. The highest BCUT2D eigenvalue weighted by Gasteiger charge is 2.23. The number of nitrogens with one attached hydrogen (secondary N) is 2. The Kier molecular flexibility index (Phi) is 6.35. The lowest BCUT2D eigenvalue weighted by Gasteiger charge is -2.13. The Bertz CT molecular complexity index is 751. The van der Waals surface area contributed by atoms with Crippen molar-refractivity contribution in [1.29, 1.82) is 0 Å². The van der Waals surface area contributed by atoms with Crippen LogP contribution in [0.15, 0.2) is 28.9 Å². The highest BCUT2D eigenvalue weighted by molar-refractivity contribution is 7.18. The number of carbonyl (C=O) groups excluding carboxylic acids is 2. The number of rotatable bonds is 8. The SMILES string of the molecule is CCCCC(NC(=O)c1sc(NC(=O)c2ccco2)cc1C)C(=O)O. The average molecular weight is 364 g/mol. The van der Waals surface area contributed by atoms with Gasteiger partial charge in [0.1, 0.15) is 6.04 Å². The van der Waals surface area contributed by atoms with Crippen LogP contribution in [0, 0.1) is 6.92 Å². The Morgan fingerprint density at radius 1 is 1.32 bits per heavy atom. The normalized spacial score (nSPS) is 11.8. The van der Waals surface area contributed by atoms with E-state index in [2.05, 4.69) is 10.6 Å². The third-order valence-corrected chi connectivity index (χ3v) is 4.71. The van der Waals surface area contributed by atoms with Gasteiger partial charge in [-0.1, -0.05) is 19.8 Å². The van der Waals surface area contributed by atoms with Crippen molar-refractivity contribution >= 4 is 34.1 Å². The molecule has 1 atom stereocenters. The van der Waals surface area contributed by atoms with E-state index in [1.807, 2.05) is 6.92 Å². The predicted octanol–water partition coefficient (Wildman–Crippen LogP) is 3.28. The Morgan fingerprint density at radius 2 is 2.08 bits per heavy atom. The third-order valence-electron chi connectivity index (χ3n) is 3.56. The minimum absolute atomic E-state index is 0.169. The van der Waals surface area contributed by atoms with Crippen LogP contribution >= 0.6 is 11.3 Å². The average Bonchev–Trinajstić information content (AvgIpc) is 3.20. The molecule has 0 radical (unpaired) electrons. The second-order valence-electron chi connectivity index (χ2n) is 5.56. The molecule has 2 aromatic rings. The fourth-order valence-electron chi connectivity index (χ4n) is 2.24. The minimum atomic E-state index is -1.05. The number of thiophene rings is 1. The second kappa shape index (κ2) is 8.48. The zero-order valence-corrected chi connectivity index (χ0v) is 14.8. The molecule has 25 heavy (non-hydrogen) atoms. The van der Waals surface area contributed by atoms with Crippen molar-refractivity contribution in [2.75, 3.05) is 5.32 Å². The van der Waals surface area contributed by atoms with Crippen molar-refractivity contribution in [3.63, 3.8) is 0 Å². The van der Waals surface area contributed by atoms with Gasteiger partial charge in [0.05, 0.1) is 16.1 Å². The maximum Gasteiger partial charge on any atom is 0.326 e. The summed E-state index contributed by atoms with van der Waals surface area (Å²) >= 11 is 1.09. The molecule has 0 fully saturated rings. The summed E-state index contributed by atoms with van der Waals surface area (Å²) in [6, 6.07) is 3.89. The van der Waals surface area contributed by atoms with Gasteiger partial charge in [0.15, 0.2) is 5.76 Å². The van der Waals surface area contributed by atoms with Crippen molar-refractivity contribution in [2.24, 2.45) is 0 Å². The maximum absolute atomic E-state index is 12.4. The second-order valence-corrected chi connectivity index (χ2v) is 6.61. The molecule has 134 valence electrons. The van der Waals surface area contributed by atoms with E-state index in [-0.39, 0.29) is 5.76 Å². The Morgan fingerprint density at radius 3 is 2.68 bits per heavy atom. The number of aryl methyl sites for hydroxylation is 1. The van der Waals surface area contributed by atoms with Crippen LogP contribution in [0.25, 0.3) is 0 Å². The first-order valence-electron chi connectivity index (χ1n) is 7.91. The zero-order valence-electron chi connectivity index (χ0n) is 14.0. The van der Waals surface area contributed by atoms with Crippen LogP contribution in [0.3, 0.4) is 0 Å². The van der Waals surface area contributed by atoms with E-state index in [4.69, 9.17) is 4.42 Å². The number of amides is 2. The highest BCUT2D eigenvalue weighted by Crippen LogP contribution is 2.27. The number of carboxylic acids is 1. The van der Waals surface area contributed by atoms with Gasteiger partial charge in [-0.05, 0) is 37.1 Å². The van der Waals surface area contributed by atoms with Crippen molar-refractivity contribution in [1.82, 2.24) is 5.32 Å². The molecule has 2 rings (SSSR count). The molecule has 2 amide bonds. The molecule has 0 aromatic carbocycles. The summed E-state index contributed by atoms with van der Waals surface area (Å²) in [6.45, 7) is 3.69. The molecule has 8 heteroatoms. The lowest BCUT2D eigenvalue weighted by atomic mass is 10.1. The van der Waals surface area contributed by atoms with Crippen LogP contribution in [0.5, 0.6) is 0 Å². The Hall–Kier alpha value is -2.61. The number of anilines is 1. The molecule has 0 spiro atoms. The molecular formula is C17H20N2O5S. The van der Waals surface area contributed by atoms with Gasteiger partial charge in [-0.15, -0.1) is 11.3 Å². The fraction of sp³-hybridized carbons (Fsp3) is 0.353. The monoisotopic (exact) mass is 364 g/mol. The van der Waals surface area contributed by atoms with Crippen LogP contribution < -0.4 is 10.6 Å². The molecule has 3 N–H and O–H groups in total. The van der Waals surface area contributed by atoms with Crippen LogP contribution in [0.2, 0.25) is 0 Å².